The van der Waals surface area contributed by atoms with Gasteiger partial charge in [-0.25, -0.2) is 10.2 Å². The summed E-state index contributed by atoms with van der Waals surface area (Å²) in [6, 6.07) is 13.8. The van der Waals surface area contributed by atoms with Crippen molar-refractivity contribution in [2.75, 3.05) is 18.5 Å². The van der Waals surface area contributed by atoms with Crippen molar-refractivity contribution in [2.24, 2.45) is 5.10 Å². The van der Waals surface area contributed by atoms with Gasteiger partial charge >= 0.3 is 5.97 Å². The van der Waals surface area contributed by atoms with E-state index in [0.29, 0.717) is 28.5 Å². The number of carbonyl (C=O) groups excluding carboxylic acids is 3. The number of hydrogen-bond donors (Lipinski definition) is 2. The van der Waals surface area contributed by atoms with Crippen molar-refractivity contribution in [1.82, 2.24) is 5.43 Å². The van der Waals surface area contributed by atoms with E-state index in [4.69, 9.17) is 14.2 Å². The largest absolute Gasteiger partial charge is 0.494 e. The molecule has 10 heteroatoms. The third kappa shape index (κ3) is 8.41. The molecule has 2 amide bonds. The first kappa shape index (κ1) is 30.4. The van der Waals surface area contributed by atoms with E-state index in [1.54, 1.807) is 38.1 Å². The zero-order chi connectivity index (χ0) is 29.1. The first-order chi connectivity index (χ1) is 19.2. The summed E-state index contributed by atoms with van der Waals surface area (Å²) >= 11 is 1.32. The minimum absolute atomic E-state index is 0.244. The SMILES string of the molecule is CCCCOc1ccc(C=NNC(=O)C(C)Oc2ccc(C(=O)Nc3sc(C)c(C)c3C(=O)OCC)cc2)cc1. The zero-order valence-corrected chi connectivity index (χ0v) is 24.2. The molecule has 9 nitrogen and oxygen atoms in total. The fourth-order valence-corrected chi connectivity index (χ4v) is 4.57. The van der Waals surface area contributed by atoms with Gasteiger partial charge in [0, 0.05) is 10.4 Å². The maximum Gasteiger partial charge on any atom is 0.341 e. The predicted octanol–water partition coefficient (Wildman–Crippen LogP) is 5.89. The van der Waals surface area contributed by atoms with E-state index < -0.39 is 18.0 Å². The van der Waals surface area contributed by atoms with Crippen LogP contribution < -0.4 is 20.2 Å². The molecule has 1 atom stereocenters. The Morgan fingerprint density at radius 3 is 2.33 bits per heavy atom. The highest BCUT2D eigenvalue weighted by Gasteiger charge is 2.22. The number of carbonyl (C=O) groups is 3. The van der Waals surface area contributed by atoms with Crippen LogP contribution in [0.2, 0.25) is 0 Å². The molecular weight excluding hydrogens is 530 g/mol. The minimum atomic E-state index is -0.824. The summed E-state index contributed by atoms with van der Waals surface area (Å²) in [5.41, 5.74) is 4.80. The molecular formula is C30H35N3O6S. The number of benzene rings is 2. The van der Waals surface area contributed by atoms with E-state index in [1.807, 2.05) is 38.1 Å². The Labute approximate surface area is 238 Å². The molecule has 0 saturated carbocycles. The second-order valence-corrected chi connectivity index (χ2v) is 10.2. The quantitative estimate of drug-likeness (QED) is 0.116. The number of nitrogens with zero attached hydrogens (tertiary/aromatic N) is 1. The standard InChI is InChI=1S/C30H35N3O6S/c1-6-8-17-38-24-13-9-22(10-14-24)18-31-33-27(34)20(4)39-25-15-11-23(12-16-25)28(35)32-29-26(30(36)37-7-2)19(3)21(5)40-29/h9-16,18,20H,6-8,17H2,1-5H3,(H,32,35)(H,33,34). The van der Waals surface area contributed by atoms with Crippen molar-refractivity contribution in [1.29, 1.82) is 0 Å². The van der Waals surface area contributed by atoms with Crippen molar-refractivity contribution in [3.8, 4) is 11.5 Å². The number of aryl methyl sites for hydroxylation is 1. The maximum atomic E-state index is 12.8. The van der Waals surface area contributed by atoms with E-state index >= 15 is 0 Å². The van der Waals surface area contributed by atoms with Crippen molar-refractivity contribution in [3.63, 3.8) is 0 Å². The van der Waals surface area contributed by atoms with Crippen LogP contribution in [0.15, 0.2) is 53.6 Å². The number of rotatable bonds is 13. The van der Waals surface area contributed by atoms with Gasteiger partial charge in [-0.2, -0.15) is 5.10 Å². The average molecular weight is 566 g/mol. The molecule has 3 aromatic rings. The highest BCUT2D eigenvalue weighted by molar-refractivity contribution is 7.16. The molecule has 212 valence electrons. The van der Waals surface area contributed by atoms with Gasteiger partial charge in [0.2, 0.25) is 0 Å². The van der Waals surface area contributed by atoms with E-state index in [-0.39, 0.29) is 12.5 Å². The molecule has 0 bridgehead atoms. The molecule has 1 heterocycles. The predicted molar refractivity (Wildman–Crippen MR) is 157 cm³/mol. The van der Waals surface area contributed by atoms with Crippen LogP contribution >= 0.6 is 11.3 Å². The highest BCUT2D eigenvalue weighted by Crippen LogP contribution is 2.33. The summed E-state index contributed by atoms with van der Waals surface area (Å²) in [7, 11) is 0. The van der Waals surface area contributed by atoms with Crippen molar-refractivity contribution in [2.45, 2.75) is 53.6 Å². The lowest BCUT2D eigenvalue weighted by molar-refractivity contribution is -0.127. The molecule has 1 aromatic heterocycles. The fourth-order valence-electron chi connectivity index (χ4n) is 3.53. The summed E-state index contributed by atoms with van der Waals surface area (Å²) in [6.45, 7) is 10.1. The lowest BCUT2D eigenvalue weighted by atomic mass is 10.1. The number of amides is 2. The molecule has 0 aliphatic heterocycles. The van der Waals surface area contributed by atoms with E-state index in [0.717, 1.165) is 34.6 Å². The van der Waals surface area contributed by atoms with E-state index in [1.165, 1.54) is 17.6 Å². The van der Waals surface area contributed by atoms with Gasteiger partial charge in [-0.05, 0) is 93.8 Å². The van der Waals surface area contributed by atoms with Crippen molar-refractivity contribution in [3.05, 3.63) is 75.7 Å². The van der Waals surface area contributed by atoms with Crippen LogP contribution in [0.1, 0.15) is 70.3 Å². The minimum Gasteiger partial charge on any atom is -0.494 e. The number of nitrogens with one attached hydrogen (secondary N) is 2. The molecule has 1 unspecified atom stereocenters. The summed E-state index contributed by atoms with van der Waals surface area (Å²) in [4.78, 5) is 38.5. The molecule has 3 rings (SSSR count). The normalized spacial score (nSPS) is 11.6. The zero-order valence-electron chi connectivity index (χ0n) is 23.4. The Morgan fingerprint density at radius 2 is 1.68 bits per heavy atom. The van der Waals surface area contributed by atoms with Gasteiger partial charge in [0.1, 0.15) is 16.5 Å². The van der Waals surface area contributed by atoms with Crippen molar-refractivity contribution < 1.29 is 28.6 Å². The Bertz CT molecular complexity index is 1330. The number of thiophene rings is 1. The Morgan fingerprint density at radius 1 is 1.00 bits per heavy atom. The first-order valence-electron chi connectivity index (χ1n) is 13.1. The number of hydrogen-bond acceptors (Lipinski definition) is 8. The lowest BCUT2D eigenvalue weighted by Crippen LogP contribution is -2.33. The Balaban J connectivity index is 1.52. The van der Waals surface area contributed by atoms with Gasteiger partial charge in [0.25, 0.3) is 11.8 Å². The van der Waals surface area contributed by atoms with Crippen LogP contribution in [0.4, 0.5) is 5.00 Å². The second-order valence-electron chi connectivity index (χ2n) is 8.95. The van der Waals surface area contributed by atoms with Gasteiger partial charge in [-0.1, -0.05) is 13.3 Å². The topological polar surface area (TPSA) is 115 Å². The summed E-state index contributed by atoms with van der Waals surface area (Å²) in [6.07, 6.45) is 2.79. The van der Waals surface area contributed by atoms with Gasteiger partial charge in [0.05, 0.1) is 25.0 Å². The Kier molecular flexibility index (Phi) is 11.3. The molecule has 0 aliphatic carbocycles. The van der Waals surface area contributed by atoms with Crippen LogP contribution in [0, 0.1) is 13.8 Å². The molecule has 0 aliphatic rings. The third-order valence-electron chi connectivity index (χ3n) is 5.93. The molecule has 2 N–H and O–H groups in total. The number of ether oxygens (including phenoxy) is 3. The number of esters is 1. The van der Waals surface area contributed by atoms with Gasteiger partial charge in [-0.3, -0.25) is 9.59 Å². The van der Waals surface area contributed by atoms with Gasteiger partial charge in [0.15, 0.2) is 6.10 Å². The van der Waals surface area contributed by atoms with Gasteiger partial charge in [-0.15, -0.1) is 11.3 Å². The maximum absolute atomic E-state index is 12.8. The monoisotopic (exact) mass is 565 g/mol. The third-order valence-corrected chi connectivity index (χ3v) is 7.05. The van der Waals surface area contributed by atoms with Crippen LogP contribution in [-0.2, 0) is 9.53 Å². The lowest BCUT2D eigenvalue weighted by Gasteiger charge is -2.13. The van der Waals surface area contributed by atoms with Crippen LogP contribution in [-0.4, -0.2) is 43.3 Å². The smallest absolute Gasteiger partial charge is 0.341 e. The molecule has 0 spiro atoms. The molecule has 0 saturated heterocycles. The molecule has 40 heavy (non-hydrogen) atoms. The van der Waals surface area contributed by atoms with Crippen LogP contribution in [0.5, 0.6) is 11.5 Å². The highest BCUT2D eigenvalue weighted by atomic mass is 32.1. The van der Waals surface area contributed by atoms with Crippen LogP contribution in [0.3, 0.4) is 0 Å². The van der Waals surface area contributed by atoms with Crippen LogP contribution in [0.25, 0.3) is 0 Å². The molecule has 0 fully saturated rings. The molecule has 0 radical (unpaired) electrons. The number of hydrazone groups is 1. The van der Waals surface area contributed by atoms with Gasteiger partial charge < -0.3 is 19.5 Å². The van der Waals surface area contributed by atoms with E-state index in [9.17, 15) is 14.4 Å². The van der Waals surface area contributed by atoms with E-state index in [2.05, 4.69) is 22.8 Å². The number of anilines is 1. The summed E-state index contributed by atoms with van der Waals surface area (Å²) < 4.78 is 16.5. The first-order valence-corrected chi connectivity index (χ1v) is 14.0. The Hall–Kier alpha value is -4.18. The second kappa shape index (κ2) is 14.8. The molecule has 2 aromatic carbocycles. The fraction of sp³-hybridized carbons (Fsp3) is 0.333. The summed E-state index contributed by atoms with van der Waals surface area (Å²) in [5, 5.41) is 7.25. The average Bonchev–Trinajstić information content (AvgIpc) is 3.22. The van der Waals surface area contributed by atoms with Crippen molar-refractivity contribution >= 4 is 40.3 Å². The summed E-state index contributed by atoms with van der Waals surface area (Å²) in [5.74, 6) is -0.0629. The number of unbranched alkanes of at least 4 members (excludes halogenated alkanes) is 1.